The fraction of sp³-hybridized carbons (Fsp3) is 0.462. The summed E-state index contributed by atoms with van der Waals surface area (Å²) >= 11 is 0. The maximum absolute atomic E-state index is 12.3. The predicted octanol–water partition coefficient (Wildman–Crippen LogP) is 0.191. The van der Waals surface area contributed by atoms with E-state index in [2.05, 4.69) is 4.72 Å². The average Bonchev–Trinajstić information content (AvgIpc) is 3.23. The minimum absolute atomic E-state index is 0.0998. The van der Waals surface area contributed by atoms with Gasteiger partial charge in [0.05, 0.1) is 4.90 Å². The van der Waals surface area contributed by atoms with Crippen LogP contribution < -0.4 is 16.2 Å². The second kappa shape index (κ2) is 5.16. The number of sulfonamides is 1. The minimum Gasteiger partial charge on any atom is -0.366 e. The van der Waals surface area contributed by atoms with Crippen molar-refractivity contribution in [2.24, 2.45) is 17.4 Å². The number of rotatable bonds is 6. The third kappa shape index (κ3) is 3.00. The second-order valence-electron chi connectivity index (χ2n) is 5.39. The Hall–Kier alpha value is -1.44. The van der Waals surface area contributed by atoms with E-state index in [1.165, 1.54) is 24.3 Å². The maximum Gasteiger partial charge on any atom is 0.248 e. The summed E-state index contributed by atoms with van der Waals surface area (Å²) in [5.74, 6) is -0.307. The number of nitrogens with two attached hydrogens (primary N) is 2. The lowest BCUT2D eigenvalue weighted by atomic mass is 9.98. The van der Waals surface area contributed by atoms with E-state index in [0.717, 1.165) is 12.8 Å². The van der Waals surface area contributed by atoms with Gasteiger partial charge in [-0.15, -0.1) is 0 Å². The van der Waals surface area contributed by atoms with E-state index in [4.69, 9.17) is 11.5 Å². The van der Waals surface area contributed by atoms with Gasteiger partial charge in [0.1, 0.15) is 0 Å². The highest BCUT2D eigenvalue weighted by Gasteiger charge is 2.43. The second-order valence-corrected chi connectivity index (χ2v) is 7.07. The van der Waals surface area contributed by atoms with Crippen molar-refractivity contribution in [2.75, 3.05) is 6.54 Å². The molecular weight excluding hydrogens is 278 g/mol. The number of carbonyl (C=O) groups is 1. The van der Waals surface area contributed by atoms with Crippen LogP contribution in [0.15, 0.2) is 29.2 Å². The van der Waals surface area contributed by atoms with Crippen molar-refractivity contribution < 1.29 is 13.2 Å². The van der Waals surface area contributed by atoms with Gasteiger partial charge in [-0.3, -0.25) is 4.79 Å². The van der Waals surface area contributed by atoms with Crippen molar-refractivity contribution in [1.82, 2.24) is 4.72 Å². The van der Waals surface area contributed by atoms with Crippen LogP contribution in [0.5, 0.6) is 0 Å². The van der Waals surface area contributed by atoms with Crippen LogP contribution in [0, 0.1) is 5.92 Å². The first-order chi connectivity index (χ1) is 9.28. The lowest BCUT2D eigenvalue weighted by molar-refractivity contribution is 0.1000. The Labute approximate surface area is 118 Å². The van der Waals surface area contributed by atoms with Crippen LogP contribution in [0.1, 0.15) is 30.1 Å². The molecule has 5 N–H and O–H groups in total. The quantitative estimate of drug-likeness (QED) is 0.695. The van der Waals surface area contributed by atoms with Crippen molar-refractivity contribution in [3.63, 3.8) is 0 Å². The van der Waals surface area contributed by atoms with Gasteiger partial charge in [0, 0.05) is 17.6 Å². The van der Waals surface area contributed by atoms with Gasteiger partial charge in [-0.25, -0.2) is 13.1 Å². The predicted molar refractivity (Wildman–Crippen MR) is 75.5 cm³/mol. The number of hydrogen-bond acceptors (Lipinski definition) is 4. The lowest BCUT2D eigenvalue weighted by Crippen LogP contribution is -2.52. The summed E-state index contributed by atoms with van der Waals surface area (Å²) in [6.45, 7) is 2.07. The molecule has 0 heterocycles. The molecule has 0 saturated heterocycles. The summed E-state index contributed by atoms with van der Waals surface area (Å²) < 4.78 is 27.4. The molecule has 1 aliphatic carbocycles. The molecule has 2 rings (SSSR count). The molecule has 1 saturated carbocycles. The van der Waals surface area contributed by atoms with Gasteiger partial charge in [0.25, 0.3) is 0 Å². The first-order valence-electron chi connectivity index (χ1n) is 6.42. The first kappa shape index (κ1) is 15.0. The standard InChI is InChI=1S/C13H19N3O3S/c1-13(8-14,10-4-5-10)16-20(18,19)11-6-2-9(3-7-11)12(15)17/h2-3,6-7,10,16H,4-5,8,14H2,1H3,(H2,15,17). The first-order valence-corrected chi connectivity index (χ1v) is 7.91. The van der Waals surface area contributed by atoms with E-state index >= 15 is 0 Å². The largest absolute Gasteiger partial charge is 0.366 e. The van der Waals surface area contributed by atoms with Crippen LogP contribution in [-0.2, 0) is 10.0 Å². The molecule has 1 aliphatic rings. The van der Waals surface area contributed by atoms with E-state index in [1.807, 2.05) is 6.92 Å². The lowest BCUT2D eigenvalue weighted by Gasteiger charge is -2.29. The highest BCUT2D eigenvalue weighted by atomic mass is 32.2. The normalized spacial score (nSPS) is 18.5. The summed E-state index contributed by atoms with van der Waals surface area (Å²) in [5, 5.41) is 0. The molecule has 1 unspecified atom stereocenters. The van der Waals surface area contributed by atoms with Gasteiger partial charge in [0.2, 0.25) is 15.9 Å². The van der Waals surface area contributed by atoms with E-state index in [-0.39, 0.29) is 22.9 Å². The Bertz CT molecular complexity index is 608. The van der Waals surface area contributed by atoms with Crippen molar-refractivity contribution in [3.05, 3.63) is 29.8 Å². The monoisotopic (exact) mass is 297 g/mol. The fourth-order valence-electron chi connectivity index (χ4n) is 2.18. The maximum atomic E-state index is 12.3. The van der Waals surface area contributed by atoms with E-state index in [9.17, 15) is 13.2 Å². The summed E-state index contributed by atoms with van der Waals surface area (Å²) in [5.41, 5.74) is 10.5. The SMILES string of the molecule is CC(CN)(NS(=O)(=O)c1ccc(C(N)=O)cc1)C1CC1. The minimum atomic E-state index is -3.66. The van der Waals surface area contributed by atoms with Crippen molar-refractivity contribution in [1.29, 1.82) is 0 Å². The molecule has 0 spiro atoms. The van der Waals surface area contributed by atoms with Crippen LogP contribution in [0.3, 0.4) is 0 Å². The topological polar surface area (TPSA) is 115 Å². The zero-order valence-electron chi connectivity index (χ0n) is 11.3. The molecule has 1 amide bonds. The number of primary amides is 1. The molecule has 7 heteroatoms. The summed E-state index contributed by atoms with van der Waals surface area (Å²) in [4.78, 5) is 11.1. The van der Waals surface area contributed by atoms with Crippen LogP contribution in [0.4, 0.5) is 0 Å². The molecule has 0 aromatic heterocycles. The van der Waals surface area contributed by atoms with E-state index in [1.54, 1.807) is 0 Å². The van der Waals surface area contributed by atoms with Crippen LogP contribution >= 0.6 is 0 Å². The Morgan fingerprint density at radius 1 is 1.35 bits per heavy atom. The van der Waals surface area contributed by atoms with Crippen molar-refractivity contribution >= 4 is 15.9 Å². The van der Waals surface area contributed by atoms with Crippen molar-refractivity contribution in [3.8, 4) is 0 Å². The summed E-state index contributed by atoms with van der Waals surface area (Å²) in [6, 6.07) is 5.53. The zero-order valence-corrected chi connectivity index (χ0v) is 12.1. The zero-order chi connectivity index (χ0) is 15.0. The Kier molecular flexibility index (Phi) is 3.86. The molecule has 0 bridgehead atoms. The molecule has 1 aromatic rings. The Morgan fingerprint density at radius 3 is 2.30 bits per heavy atom. The summed E-state index contributed by atoms with van der Waals surface area (Å²) in [6.07, 6.45) is 1.97. The van der Waals surface area contributed by atoms with E-state index in [0.29, 0.717) is 0 Å². The summed E-state index contributed by atoms with van der Waals surface area (Å²) in [7, 11) is -3.66. The Morgan fingerprint density at radius 2 is 1.90 bits per heavy atom. The van der Waals surface area contributed by atoms with Crippen LogP contribution in [0.25, 0.3) is 0 Å². The third-order valence-electron chi connectivity index (χ3n) is 3.72. The fourth-order valence-corrected chi connectivity index (χ4v) is 3.65. The van der Waals surface area contributed by atoms with Gasteiger partial charge < -0.3 is 11.5 Å². The van der Waals surface area contributed by atoms with Crippen LogP contribution in [0.2, 0.25) is 0 Å². The number of carbonyl (C=O) groups excluding carboxylic acids is 1. The average molecular weight is 297 g/mol. The van der Waals surface area contributed by atoms with Crippen LogP contribution in [-0.4, -0.2) is 26.4 Å². The molecule has 1 atom stereocenters. The smallest absolute Gasteiger partial charge is 0.248 e. The van der Waals surface area contributed by atoms with Gasteiger partial charge in [-0.05, 0) is 49.9 Å². The third-order valence-corrected chi connectivity index (χ3v) is 5.35. The molecule has 20 heavy (non-hydrogen) atoms. The molecular formula is C13H19N3O3S. The van der Waals surface area contributed by atoms with Gasteiger partial charge in [-0.1, -0.05) is 0 Å². The highest BCUT2D eigenvalue weighted by Crippen LogP contribution is 2.39. The molecule has 110 valence electrons. The Balaban J connectivity index is 2.23. The van der Waals surface area contributed by atoms with Gasteiger partial charge >= 0.3 is 0 Å². The van der Waals surface area contributed by atoms with Crippen molar-refractivity contribution in [2.45, 2.75) is 30.2 Å². The number of nitrogens with one attached hydrogen (secondary N) is 1. The number of hydrogen-bond donors (Lipinski definition) is 3. The highest BCUT2D eigenvalue weighted by molar-refractivity contribution is 7.89. The molecule has 0 aliphatic heterocycles. The van der Waals surface area contributed by atoms with E-state index < -0.39 is 21.5 Å². The number of amides is 1. The number of benzene rings is 1. The molecule has 6 nitrogen and oxygen atoms in total. The molecule has 0 radical (unpaired) electrons. The molecule has 1 aromatic carbocycles. The molecule has 1 fully saturated rings. The van der Waals surface area contributed by atoms with Gasteiger partial charge in [0.15, 0.2) is 0 Å². The van der Waals surface area contributed by atoms with Gasteiger partial charge in [-0.2, -0.15) is 0 Å².